The molecule has 2 rings (SSSR count). The molecule has 0 bridgehead atoms. The van der Waals surface area contributed by atoms with E-state index in [1.807, 2.05) is 16.9 Å². The van der Waals surface area contributed by atoms with Gasteiger partial charge in [-0.1, -0.05) is 11.6 Å². The molecule has 0 spiro atoms. The quantitative estimate of drug-likeness (QED) is 0.884. The first-order valence-electron chi connectivity index (χ1n) is 5.87. The van der Waals surface area contributed by atoms with Gasteiger partial charge >= 0.3 is 0 Å². The predicted molar refractivity (Wildman–Crippen MR) is 75.3 cm³/mol. The average Bonchev–Trinajstić information content (AvgIpc) is 2.92. The third kappa shape index (κ3) is 3.32. The van der Waals surface area contributed by atoms with Gasteiger partial charge in [0.1, 0.15) is 11.5 Å². The van der Waals surface area contributed by atoms with Crippen LogP contribution in [-0.4, -0.2) is 30.5 Å². The summed E-state index contributed by atoms with van der Waals surface area (Å²) in [4.78, 5) is 0. The normalized spacial score (nSPS) is 10.3. The molecular formula is C13H16ClN3O2. The summed E-state index contributed by atoms with van der Waals surface area (Å²) in [7, 11) is 3.19. The lowest BCUT2D eigenvalue weighted by atomic mass is 10.2. The number of hydrogen-bond acceptors (Lipinski definition) is 4. The molecule has 0 atom stereocenters. The molecule has 0 fully saturated rings. The molecule has 0 aliphatic carbocycles. The second-order valence-corrected chi connectivity index (χ2v) is 4.29. The van der Waals surface area contributed by atoms with Crippen LogP contribution in [0.2, 0.25) is 5.02 Å². The fraction of sp³-hybridized carbons (Fsp3) is 0.308. The van der Waals surface area contributed by atoms with Crippen molar-refractivity contribution in [2.45, 2.75) is 6.54 Å². The number of anilines is 1. The highest BCUT2D eigenvalue weighted by atomic mass is 35.5. The van der Waals surface area contributed by atoms with Crippen molar-refractivity contribution in [3.63, 3.8) is 0 Å². The standard InChI is InChI=1S/C13H16ClN3O2/c1-18-12-9-13(19-2)11(8-10(12)14)15-5-7-17-6-3-4-16-17/h3-4,6,8-9,15H,5,7H2,1-2H3. The average molecular weight is 282 g/mol. The van der Waals surface area contributed by atoms with Crippen molar-refractivity contribution in [1.29, 1.82) is 0 Å². The van der Waals surface area contributed by atoms with E-state index in [0.717, 1.165) is 18.8 Å². The Labute approximate surface area is 117 Å². The van der Waals surface area contributed by atoms with E-state index in [-0.39, 0.29) is 0 Å². The lowest BCUT2D eigenvalue weighted by Crippen LogP contribution is -2.11. The lowest BCUT2D eigenvalue weighted by molar-refractivity contribution is 0.395. The van der Waals surface area contributed by atoms with E-state index in [2.05, 4.69) is 10.4 Å². The Hall–Kier alpha value is -1.88. The van der Waals surface area contributed by atoms with Crippen LogP contribution < -0.4 is 14.8 Å². The molecule has 5 nitrogen and oxygen atoms in total. The molecule has 0 saturated heterocycles. The van der Waals surface area contributed by atoms with E-state index >= 15 is 0 Å². The molecule has 102 valence electrons. The highest BCUT2D eigenvalue weighted by Crippen LogP contribution is 2.35. The molecule has 0 aliphatic rings. The van der Waals surface area contributed by atoms with Gasteiger partial charge in [0.2, 0.25) is 0 Å². The number of nitrogens with zero attached hydrogens (tertiary/aromatic N) is 2. The van der Waals surface area contributed by atoms with Gasteiger partial charge in [-0.25, -0.2) is 0 Å². The SMILES string of the molecule is COc1cc(OC)c(NCCn2cccn2)cc1Cl. The van der Waals surface area contributed by atoms with Crippen molar-refractivity contribution in [2.75, 3.05) is 26.1 Å². The van der Waals surface area contributed by atoms with Gasteiger partial charge < -0.3 is 14.8 Å². The highest BCUT2D eigenvalue weighted by Gasteiger charge is 2.09. The molecule has 0 saturated carbocycles. The molecule has 1 heterocycles. The first-order chi connectivity index (χ1) is 9.24. The maximum absolute atomic E-state index is 6.10. The van der Waals surface area contributed by atoms with Crippen molar-refractivity contribution in [2.24, 2.45) is 0 Å². The summed E-state index contributed by atoms with van der Waals surface area (Å²) in [5.74, 6) is 1.29. The first kappa shape index (κ1) is 13.5. The zero-order valence-corrected chi connectivity index (χ0v) is 11.6. The Balaban J connectivity index is 2.04. The Morgan fingerprint density at radius 1 is 1.26 bits per heavy atom. The number of rotatable bonds is 6. The van der Waals surface area contributed by atoms with E-state index in [1.54, 1.807) is 32.5 Å². The van der Waals surface area contributed by atoms with E-state index in [9.17, 15) is 0 Å². The van der Waals surface area contributed by atoms with Crippen LogP contribution in [0.1, 0.15) is 0 Å². The molecule has 1 aromatic carbocycles. The highest BCUT2D eigenvalue weighted by molar-refractivity contribution is 6.32. The summed E-state index contributed by atoms with van der Waals surface area (Å²) < 4.78 is 12.3. The number of aromatic nitrogens is 2. The fourth-order valence-electron chi connectivity index (χ4n) is 1.74. The van der Waals surface area contributed by atoms with Crippen LogP contribution in [0.3, 0.4) is 0 Å². The summed E-state index contributed by atoms with van der Waals surface area (Å²) in [6.07, 6.45) is 3.67. The van der Waals surface area contributed by atoms with Crippen LogP contribution in [0, 0.1) is 0 Å². The molecule has 0 unspecified atom stereocenters. The number of benzene rings is 1. The summed E-state index contributed by atoms with van der Waals surface area (Å²) in [6.45, 7) is 1.49. The van der Waals surface area contributed by atoms with Gasteiger partial charge in [-0.2, -0.15) is 5.10 Å². The Kier molecular flexibility index (Phi) is 4.52. The molecule has 0 radical (unpaired) electrons. The molecule has 0 amide bonds. The second kappa shape index (κ2) is 6.33. The van der Waals surface area contributed by atoms with Crippen LogP contribution in [-0.2, 0) is 6.54 Å². The Morgan fingerprint density at radius 2 is 2.05 bits per heavy atom. The van der Waals surface area contributed by atoms with Crippen LogP contribution in [0.5, 0.6) is 11.5 Å². The van der Waals surface area contributed by atoms with Crippen LogP contribution in [0.4, 0.5) is 5.69 Å². The first-order valence-corrected chi connectivity index (χ1v) is 6.25. The maximum Gasteiger partial charge on any atom is 0.145 e. The molecule has 6 heteroatoms. The van der Waals surface area contributed by atoms with Crippen molar-refractivity contribution in [3.8, 4) is 11.5 Å². The Bertz CT molecular complexity index is 529. The zero-order chi connectivity index (χ0) is 13.7. The van der Waals surface area contributed by atoms with Gasteiger partial charge in [0.05, 0.1) is 31.5 Å². The second-order valence-electron chi connectivity index (χ2n) is 3.88. The minimum atomic E-state index is 0.546. The van der Waals surface area contributed by atoms with Gasteiger partial charge in [0.15, 0.2) is 0 Å². The van der Waals surface area contributed by atoms with Gasteiger partial charge in [0.25, 0.3) is 0 Å². The summed E-state index contributed by atoms with van der Waals surface area (Å²) in [5, 5.41) is 7.95. The number of hydrogen-bond donors (Lipinski definition) is 1. The van der Waals surface area contributed by atoms with Crippen LogP contribution >= 0.6 is 11.6 Å². The predicted octanol–water partition coefficient (Wildman–Crippen LogP) is 2.67. The molecule has 1 N–H and O–H groups in total. The minimum Gasteiger partial charge on any atom is -0.495 e. The number of nitrogens with one attached hydrogen (secondary N) is 1. The number of halogens is 1. The summed E-state index contributed by atoms with van der Waals surface area (Å²) >= 11 is 6.10. The smallest absolute Gasteiger partial charge is 0.145 e. The van der Waals surface area contributed by atoms with Crippen molar-refractivity contribution in [3.05, 3.63) is 35.6 Å². The molecule has 19 heavy (non-hydrogen) atoms. The fourth-order valence-corrected chi connectivity index (χ4v) is 1.98. The van der Waals surface area contributed by atoms with Gasteiger partial charge in [-0.15, -0.1) is 0 Å². The summed E-state index contributed by atoms with van der Waals surface area (Å²) in [5.41, 5.74) is 0.834. The van der Waals surface area contributed by atoms with E-state index in [0.29, 0.717) is 16.5 Å². The number of ether oxygens (including phenoxy) is 2. The molecular weight excluding hydrogens is 266 g/mol. The van der Waals surface area contributed by atoms with Crippen LogP contribution in [0.25, 0.3) is 0 Å². The maximum atomic E-state index is 6.10. The van der Waals surface area contributed by atoms with Crippen molar-refractivity contribution < 1.29 is 9.47 Å². The monoisotopic (exact) mass is 281 g/mol. The van der Waals surface area contributed by atoms with Crippen molar-refractivity contribution >= 4 is 17.3 Å². The van der Waals surface area contributed by atoms with Crippen LogP contribution in [0.15, 0.2) is 30.6 Å². The largest absolute Gasteiger partial charge is 0.495 e. The third-order valence-corrected chi connectivity index (χ3v) is 2.98. The molecule has 0 aliphatic heterocycles. The third-order valence-electron chi connectivity index (χ3n) is 2.69. The minimum absolute atomic E-state index is 0.546. The molecule has 1 aromatic heterocycles. The van der Waals surface area contributed by atoms with Gasteiger partial charge in [0, 0.05) is 25.0 Å². The van der Waals surface area contributed by atoms with E-state index in [4.69, 9.17) is 21.1 Å². The topological polar surface area (TPSA) is 48.3 Å². The van der Waals surface area contributed by atoms with E-state index in [1.165, 1.54) is 0 Å². The molecule has 2 aromatic rings. The summed E-state index contributed by atoms with van der Waals surface area (Å²) in [6, 6.07) is 5.45. The van der Waals surface area contributed by atoms with Gasteiger partial charge in [-0.05, 0) is 12.1 Å². The zero-order valence-electron chi connectivity index (χ0n) is 10.9. The van der Waals surface area contributed by atoms with E-state index < -0.39 is 0 Å². The van der Waals surface area contributed by atoms with Crippen molar-refractivity contribution in [1.82, 2.24) is 9.78 Å². The number of methoxy groups -OCH3 is 2. The Morgan fingerprint density at radius 3 is 2.68 bits per heavy atom. The van der Waals surface area contributed by atoms with Gasteiger partial charge in [-0.3, -0.25) is 4.68 Å². The lowest BCUT2D eigenvalue weighted by Gasteiger charge is -2.13.